The molecule has 6 nitrogen and oxygen atoms in total. The number of para-hydroxylation sites is 1. The Bertz CT molecular complexity index is 566. The van der Waals surface area contributed by atoms with Crippen molar-refractivity contribution in [3.63, 3.8) is 0 Å². The van der Waals surface area contributed by atoms with Gasteiger partial charge in [-0.05, 0) is 18.9 Å². The van der Waals surface area contributed by atoms with Crippen LogP contribution >= 0.6 is 0 Å². The van der Waals surface area contributed by atoms with Crippen molar-refractivity contribution in [3.8, 4) is 11.5 Å². The Kier molecular flexibility index (Phi) is 4.90. The van der Waals surface area contributed by atoms with E-state index in [2.05, 4.69) is 5.32 Å². The molecule has 6 heteroatoms. The Balaban J connectivity index is 1.98. The minimum absolute atomic E-state index is 0.0224. The van der Waals surface area contributed by atoms with E-state index in [1.807, 2.05) is 12.1 Å². The van der Waals surface area contributed by atoms with Crippen molar-refractivity contribution < 1.29 is 24.2 Å². The first-order valence-corrected chi connectivity index (χ1v) is 7.22. The van der Waals surface area contributed by atoms with E-state index >= 15 is 0 Å². The monoisotopic (exact) mass is 307 g/mol. The first-order chi connectivity index (χ1) is 10.5. The summed E-state index contributed by atoms with van der Waals surface area (Å²) >= 11 is 0. The van der Waals surface area contributed by atoms with Crippen molar-refractivity contribution in [2.75, 3.05) is 14.2 Å². The van der Waals surface area contributed by atoms with Gasteiger partial charge in [0.05, 0.1) is 19.6 Å². The molecule has 0 saturated heterocycles. The zero-order valence-corrected chi connectivity index (χ0v) is 12.8. The number of carbonyl (C=O) groups is 2. The van der Waals surface area contributed by atoms with E-state index in [1.54, 1.807) is 13.2 Å². The fraction of sp³-hybridized carbons (Fsp3) is 0.500. The van der Waals surface area contributed by atoms with Gasteiger partial charge in [0.2, 0.25) is 5.91 Å². The van der Waals surface area contributed by atoms with E-state index in [9.17, 15) is 14.7 Å². The van der Waals surface area contributed by atoms with E-state index in [0.29, 0.717) is 24.3 Å². The lowest BCUT2D eigenvalue weighted by Gasteiger charge is -2.36. The van der Waals surface area contributed by atoms with Gasteiger partial charge < -0.3 is 19.9 Å². The van der Waals surface area contributed by atoms with Crippen molar-refractivity contribution in [1.82, 2.24) is 5.32 Å². The predicted octanol–water partition coefficient (Wildman–Crippen LogP) is 1.96. The Morgan fingerprint density at radius 3 is 2.50 bits per heavy atom. The zero-order valence-electron chi connectivity index (χ0n) is 12.8. The van der Waals surface area contributed by atoms with E-state index in [4.69, 9.17) is 9.47 Å². The average Bonchev–Trinajstić information content (AvgIpc) is 2.47. The highest BCUT2D eigenvalue weighted by molar-refractivity contribution is 5.85. The number of hydrogen-bond acceptors (Lipinski definition) is 4. The molecule has 120 valence electrons. The molecule has 1 saturated carbocycles. The van der Waals surface area contributed by atoms with Crippen molar-refractivity contribution in [3.05, 3.63) is 23.8 Å². The molecular weight excluding hydrogens is 286 g/mol. The van der Waals surface area contributed by atoms with Crippen LogP contribution in [0.25, 0.3) is 0 Å². The summed E-state index contributed by atoms with van der Waals surface area (Å²) in [5.41, 5.74) is -0.0871. The SMILES string of the molecule is COc1cccc(CNC(=O)CC2(C(=O)O)CCC2)c1OC. The summed E-state index contributed by atoms with van der Waals surface area (Å²) in [5, 5.41) is 12.0. The molecule has 0 aliphatic heterocycles. The molecule has 0 bridgehead atoms. The van der Waals surface area contributed by atoms with Crippen molar-refractivity contribution >= 4 is 11.9 Å². The third-order valence-corrected chi connectivity index (χ3v) is 4.22. The number of methoxy groups -OCH3 is 2. The summed E-state index contributed by atoms with van der Waals surface area (Å²) in [7, 11) is 3.09. The van der Waals surface area contributed by atoms with Gasteiger partial charge >= 0.3 is 5.97 Å². The quantitative estimate of drug-likeness (QED) is 0.804. The minimum atomic E-state index is -0.882. The number of benzene rings is 1. The number of rotatable bonds is 7. The number of aliphatic carboxylic acids is 1. The van der Waals surface area contributed by atoms with Gasteiger partial charge in [0.15, 0.2) is 11.5 Å². The van der Waals surface area contributed by atoms with Crippen LogP contribution in [0.3, 0.4) is 0 Å². The summed E-state index contributed by atoms with van der Waals surface area (Å²) in [6.45, 7) is 0.273. The number of hydrogen-bond donors (Lipinski definition) is 2. The van der Waals surface area contributed by atoms with E-state index in [-0.39, 0.29) is 18.9 Å². The van der Waals surface area contributed by atoms with Crippen LogP contribution in [-0.4, -0.2) is 31.2 Å². The van der Waals surface area contributed by atoms with Crippen LogP contribution in [-0.2, 0) is 16.1 Å². The summed E-state index contributed by atoms with van der Waals surface area (Å²) in [4.78, 5) is 23.3. The number of carbonyl (C=O) groups excluding carboxylic acids is 1. The Labute approximate surface area is 129 Å². The molecule has 22 heavy (non-hydrogen) atoms. The second-order valence-corrected chi connectivity index (χ2v) is 5.55. The molecule has 0 atom stereocenters. The predicted molar refractivity (Wildman–Crippen MR) is 79.9 cm³/mol. The van der Waals surface area contributed by atoms with E-state index < -0.39 is 11.4 Å². The van der Waals surface area contributed by atoms with E-state index in [0.717, 1.165) is 12.0 Å². The fourth-order valence-electron chi connectivity index (χ4n) is 2.73. The highest BCUT2D eigenvalue weighted by Crippen LogP contribution is 2.44. The highest BCUT2D eigenvalue weighted by Gasteiger charge is 2.45. The van der Waals surface area contributed by atoms with Crippen molar-refractivity contribution in [1.29, 1.82) is 0 Å². The van der Waals surface area contributed by atoms with Crippen LogP contribution in [0.15, 0.2) is 18.2 Å². The normalized spacial score (nSPS) is 15.5. The van der Waals surface area contributed by atoms with Crippen LogP contribution in [0.1, 0.15) is 31.2 Å². The maximum absolute atomic E-state index is 12.0. The van der Waals surface area contributed by atoms with Gasteiger partial charge in [0, 0.05) is 18.5 Å². The van der Waals surface area contributed by atoms with Gasteiger partial charge in [-0.25, -0.2) is 0 Å². The van der Waals surface area contributed by atoms with Gasteiger partial charge in [-0.15, -0.1) is 0 Å². The Hall–Kier alpha value is -2.24. The molecule has 2 rings (SSSR count). The third kappa shape index (κ3) is 3.16. The second kappa shape index (κ2) is 6.68. The van der Waals surface area contributed by atoms with Gasteiger partial charge in [-0.3, -0.25) is 9.59 Å². The molecule has 0 heterocycles. The van der Waals surface area contributed by atoms with Crippen LogP contribution < -0.4 is 14.8 Å². The standard InChI is InChI=1S/C16H21NO5/c1-21-12-6-3-5-11(14(12)22-2)10-17-13(18)9-16(15(19)20)7-4-8-16/h3,5-6H,4,7-10H2,1-2H3,(H,17,18)(H,19,20). The zero-order chi connectivity index (χ0) is 16.2. The first-order valence-electron chi connectivity index (χ1n) is 7.22. The highest BCUT2D eigenvalue weighted by atomic mass is 16.5. The number of carboxylic acid groups (broad SMARTS) is 1. The molecule has 0 unspecified atom stereocenters. The molecule has 1 aliphatic carbocycles. The molecule has 1 aromatic carbocycles. The molecule has 2 N–H and O–H groups in total. The van der Waals surface area contributed by atoms with Gasteiger partial charge in [0.25, 0.3) is 0 Å². The third-order valence-electron chi connectivity index (χ3n) is 4.22. The topological polar surface area (TPSA) is 84.9 Å². The summed E-state index contributed by atoms with van der Waals surface area (Å²) in [6.07, 6.45) is 2.02. The van der Waals surface area contributed by atoms with Crippen LogP contribution in [0.5, 0.6) is 11.5 Å². The lowest BCUT2D eigenvalue weighted by molar-refractivity contribution is -0.157. The number of amides is 1. The van der Waals surface area contributed by atoms with Crippen LogP contribution in [0, 0.1) is 5.41 Å². The van der Waals surface area contributed by atoms with Crippen molar-refractivity contribution in [2.24, 2.45) is 5.41 Å². The largest absolute Gasteiger partial charge is 0.493 e. The summed E-state index contributed by atoms with van der Waals surface area (Å²) in [5.74, 6) is 0.0250. The summed E-state index contributed by atoms with van der Waals surface area (Å²) in [6, 6.07) is 5.42. The molecule has 0 spiro atoms. The number of carboxylic acids is 1. The molecular formula is C16H21NO5. The molecule has 1 aliphatic rings. The number of ether oxygens (including phenoxy) is 2. The summed E-state index contributed by atoms with van der Waals surface area (Å²) < 4.78 is 10.5. The van der Waals surface area contributed by atoms with Crippen LogP contribution in [0.2, 0.25) is 0 Å². The average molecular weight is 307 g/mol. The lowest BCUT2D eigenvalue weighted by atomic mass is 9.66. The fourth-order valence-corrected chi connectivity index (χ4v) is 2.73. The molecule has 0 radical (unpaired) electrons. The van der Waals surface area contributed by atoms with Crippen molar-refractivity contribution in [2.45, 2.75) is 32.2 Å². The maximum atomic E-state index is 12.0. The smallest absolute Gasteiger partial charge is 0.310 e. The molecule has 0 aromatic heterocycles. The number of nitrogens with one attached hydrogen (secondary N) is 1. The molecule has 1 aromatic rings. The lowest BCUT2D eigenvalue weighted by Crippen LogP contribution is -2.42. The molecule has 1 amide bonds. The Morgan fingerprint density at radius 1 is 1.27 bits per heavy atom. The van der Waals surface area contributed by atoms with Gasteiger partial charge in [-0.1, -0.05) is 18.6 Å². The minimum Gasteiger partial charge on any atom is -0.493 e. The first kappa shape index (κ1) is 16.1. The maximum Gasteiger partial charge on any atom is 0.310 e. The second-order valence-electron chi connectivity index (χ2n) is 5.55. The van der Waals surface area contributed by atoms with Crippen LogP contribution in [0.4, 0.5) is 0 Å². The van der Waals surface area contributed by atoms with E-state index in [1.165, 1.54) is 7.11 Å². The molecule has 1 fully saturated rings. The Morgan fingerprint density at radius 2 is 2.00 bits per heavy atom. The van der Waals surface area contributed by atoms with Gasteiger partial charge in [0.1, 0.15) is 0 Å². The van der Waals surface area contributed by atoms with Gasteiger partial charge in [-0.2, -0.15) is 0 Å².